The predicted octanol–water partition coefficient (Wildman–Crippen LogP) is 5.59. The average molecular weight is 384 g/mol. The maximum absolute atomic E-state index is 5.62. The molecule has 0 saturated heterocycles. The number of methoxy groups -OCH3 is 2. The minimum atomic E-state index is 0.676. The van der Waals surface area contributed by atoms with Crippen molar-refractivity contribution in [3.63, 3.8) is 0 Å². The summed E-state index contributed by atoms with van der Waals surface area (Å²) in [7, 11) is 3.38. The van der Waals surface area contributed by atoms with Gasteiger partial charge in [0, 0.05) is 11.1 Å². The number of hydrogen-bond acceptors (Lipinski definition) is 3. The smallest absolute Gasteiger partial charge is 0.128 e. The van der Waals surface area contributed by atoms with Gasteiger partial charge in [-0.25, -0.2) is 0 Å². The summed E-state index contributed by atoms with van der Waals surface area (Å²) in [5.74, 6) is 1.63. The molecule has 0 aliphatic rings. The van der Waals surface area contributed by atoms with Crippen LogP contribution in [-0.4, -0.2) is 24.0 Å². The molecule has 0 aliphatic heterocycles. The van der Waals surface area contributed by atoms with Crippen LogP contribution in [0.25, 0.3) is 22.5 Å². The number of ether oxygens (including phenoxy) is 2. The van der Waals surface area contributed by atoms with Gasteiger partial charge in [0.05, 0.1) is 32.2 Å². The Morgan fingerprint density at radius 2 is 1.34 bits per heavy atom. The van der Waals surface area contributed by atoms with Gasteiger partial charge in [0.25, 0.3) is 0 Å². The zero-order valence-electron chi connectivity index (χ0n) is 16.9. The van der Waals surface area contributed by atoms with Gasteiger partial charge >= 0.3 is 0 Å². The zero-order valence-corrected chi connectivity index (χ0v) is 16.9. The Balaban J connectivity index is 1.88. The number of rotatable bonds is 6. The summed E-state index contributed by atoms with van der Waals surface area (Å²) in [6.07, 6.45) is 0. The lowest BCUT2D eigenvalue weighted by molar-refractivity contribution is 0.416. The maximum atomic E-state index is 5.62. The molecule has 0 aliphatic carbocycles. The Bertz CT molecular complexity index is 1130. The molecule has 0 bridgehead atoms. The number of nitrogens with zero attached hydrogens (tertiary/aromatic N) is 2. The van der Waals surface area contributed by atoms with Crippen LogP contribution in [0, 0.1) is 6.92 Å². The van der Waals surface area contributed by atoms with Crippen molar-refractivity contribution >= 4 is 0 Å². The second-order valence-electron chi connectivity index (χ2n) is 6.90. The molecule has 0 fully saturated rings. The van der Waals surface area contributed by atoms with Crippen molar-refractivity contribution in [3.05, 3.63) is 90.0 Å². The van der Waals surface area contributed by atoms with E-state index in [0.717, 1.165) is 34.0 Å². The Morgan fingerprint density at radius 3 is 2.03 bits per heavy atom. The van der Waals surface area contributed by atoms with Crippen molar-refractivity contribution in [2.24, 2.45) is 0 Å². The molecule has 4 nitrogen and oxygen atoms in total. The van der Waals surface area contributed by atoms with Crippen molar-refractivity contribution in [1.29, 1.82) is 0 Å². The van der Waals surface area contributed by atoms with E-state index in [4.69, 9.17) is 14.6 Å². The van der Waals surface area contributed by atoms with Crippen LogP contribution in [0.4, 0.5) is 0 Å². The molecule has 0 saturated carbocycles. The van der Waals surface area contributed by atoms with E-state index in [2.05, 4.69) is 43.3 Å². The normalized spacial score (nSPS) is 10.7. The fourth-order valence-corrected chi connectivity index (χ4v) is 3.55. The van der Waals surface area contributed by atoms with E-state index in [-0.39, 0.29) is 0 Å². The summed E-state index contributed by atoms with van der Waals surface area (Å²) in [4.78, 5) is 0. The molecule has 0 amide bonds. The monoisotopic (exact) mass is 384 g/mol. The highest BCUT2D eigenvalue weighted by atomic mass is 16.5. The molecule has 4 aromatic rings. The van der Waals surface area contributed by atoms with E-state index in [1.165, 1.54) is 11.1 Å². The molecule has 4 rings (SSSR count). The van der Waals surface area contributed by atoms with Crippen LogP contribution in [0.2, 0.25) is 0 Å². The lowest BCUT2D eigenvalue weighted by Gasteiger charge is -2.12. The molecular formula is C25H24N2O2. The Labute approximate surface area is 171 Å². The highest BCUT2D eigenvalue weighted by molar-refractivity contribution is 5.75. The number of aromatic nitrogens is 2. The van der Waals surface area contributed by atoms with Crippen molar-refractivity contribution in [2.75, 3.05) is 14.2 Å². The summed E-state index contributed by atoms with van der Waals surface area (Å²) in [5, 5.41) is 4.96. The molecule has 0 spiro atoms. The predicted molar refractivity (Wildman–Crippen MR) is 116 cm³/mol. The molecular weight excluding hydrogens is 360 g/mol. The molecule has 0 radical (unpaired) electrons. The minimum Gasteiger partial charge on any atom is -0.496 e. The van der Waals surface area contributed by atoms with Gasteiger partial charge in [0.15, 0.2) is 0 Å². The van der Waals surface area contributed by atoms with Crippen LogP contribution < -0.4 is 9.47 Å². The largest absolute Gasteiger partial charge is 0.496 e. The molecule has 146 valence electrons. The second-order valence-corrected chi connectivity index (χ2v) is 6.90. The summed E-state index contributed by atoms with van der Waals surface area (Å²) < 4.78 is 13.2. The molecule has 0 N–H and O–H groups in total. The fraction of sp³-hybridized carbons (Fsp3) is 0.160. The average Bonchev–Trinajstić information content (AvgIpc) is 3.18. The quantitative estimate of drug-likeness (QED) is 0.435. The van der Waals surface area contributed by atoms with Crippen LogP contribution in [0.3, 0.4) is 0 Å². The number of aryl methyl sites for hydroxylation is 1. The minimum absolute atomic E-state index is 0.676. The zero-order chi connectivity index (χ0) is 20.2. The topological polar surface area (TPSA) is 36.3 Å². The molecule has 0 atom stereocenters. The Morgan fingerprint density at radius 1 is 0.759 bits per heavy atom. The van der Waals surface area contributed by atoms with Crippen LogP contribution >= 0.6 is 0 Å². The molecule has 4 heteroatoms. The van der Waals surface area contributed by atoms with Crippen LogP contribution in [0.1, 0.15) is 11.1 Å². The third-order valence-corrected chi connectivity index (χ3v) is 5.13. The molecule has 3 aromatic carbocycles. The molecule has 0 unspecified atom stereocenters. The summed E-state index contributed by atoms with van der Waals surface area (Å²) in [5.41, 5.74) is 6.33. The lowest BCUT2D eigenvalue weighted by Crippen LogP contribution is -2.06. The van der Waals surface area contributed by atoms with E-state index >= 15 is 0 Å². The summed E-state index contributed by atoms with van der Waals surface area (Å²) in [6.45, 7) is 2.80. The van der Waals surface area contributed by atoms with Gasteiger partial charge < -0.3 is 9.47 Å². The Hall–Kier alpha value is -3.53. The van der Waals surface area contributed by atoms with E-state index in [9.17, 15) is 0 Å². The van der Waals surface area contributed by atoms with Gasteiger partial charge in [-0.1, -0.05) is 48.5 Å². The van der Waals surface area contributed by atoms with Crippen LogP contribution in [0.5, 0.6) is 11.5 Å². The van der Waals surface area contributed by atoms with Crippen molar-refractivity contribution in [2.45, 2.75) is 13.5 Å². The summed E-state index contributed by atoms with van der Waals surface area (Å²) in [6, 6.07) is 26.5. The van der Waals surface area contributed by atoms with Gasteiger partial charge in [0.2, 0.25) is 0 Å². The van der Waals surface area contributed by atoms with Crippen molar-refractivity contribution in [1.82, 2.24) is 9.78 Å². The van der Waals surface area contributed by atoms with Crippen molar-refractivity contribution < 1.29 is 9.47 Å². The van der Waals surface area contributed by atoms with Gasteiger partial charge in [-0.05, 0) is 48.4 Å². The van der Waals surface area contributed by atoms with Crippen LogP contribution in [0.15, 0.2) is 78.9 Å². The third-order valence-electron chi connectivity index (χ3n) is 5.13. The number of para-hydroxylation sites is 2. The van der Waals surface area contributed by atoms with E-state index in [1.54, 1.807) is 14.2 Å². The Kier molecular flexibility index (Phi) is 5.34. The highest BCUT2D eigenvalue weighted by Crippen LogP contribution is 2.35. The first-order valence-electron chi connectivity index (χ1n) is 9.60. The fourth-order valence-electron chi connectivity index (χ4n) is 3.55. The lowest BCUT2D eigenvalue weighted by atomic mass is 10.1. The van der Waals surface area contributed by atoms with Gasteiger partial charge in [0.1, 0.15) is 11.5 Å². The standard InChI is InChI=1S/C25H24N2O2/c1-18-10-4-5-11-19(18)17-27-23(21-13-7-9-15-25(21)29-3)16-22(26-27)20-12-6-8-14-24(20)28-2/h4-16H,17H2,1-3H3. The second kappa shape index (κ2) is 8.23. The molecule has 1 aromatic heterocycles. The van der Waals surface area contributed by atoms with Gasteiger partial charge in [-0.15, -0.1) is 0 Å². The maximum Gasteiger partial charge on any atom is 0.128 e. The number of hydrogen-bond donors (Lipinski definition) is 0. The first-order valence-corrected chi connectivity index (χ1v) is 9.60. The first-order chi connectivity index (χ1) is 14.2. The van der Waals surface area contributed by atoms with Gasteiger partial charge in [-0.2, -0.15) is 5.10 Å². The molecule has 1 heterocycles. The third kappa shape index (κ3) is 3.74. The first kappa shape index (κ1) is 18.8. The SMILES string of the molecule is COc1ccccc1-c1cc(-c2ccccc2OC)n(Cc2ccccc2C)n1. The highest BCUT2D eigenvalue weighted by Gasteiger charge is 2.17. The van der Waals surface area contributed by atoms with Gasteiger partial charge in [-0.3, -0.25) is 4.68 Å². The molecule has 29 heavy (non-hydrogen) atoms. The number of benzene rings is 3. The van der Waals surface area contributed by atoms with E-state index in [0.29, 0.717) is 6.54 Å². The van der Waals surface area contributed by atoms with E-state index < -0.39 is 0 Å². The van der Waals surface area contributed by atoms with Crippen molar-refractivity contribution in [3.8, 4) is 34.0 Å². The van der Waals surface area contributed by atoms with Crippen LogP contribution in [-0.2, 0) is 6.54 Å². The van der Waals surface area contributed by atoms with E-state index in [1.807, 2.05) is 47.1 Å². The summed E-state index contributed by atoms with van der Waals surface area (Å²) >= 11 is 0.